The van der Waals surface area contributed by atoms with Crippen LogP contribution >= 0.6 is 11.3 Å². The molecule has 90 valence electrons. The third kappa shape index (κ3) is 1.95. The van der Waals surface area contributed by atoms with E-state index in [-0.39, 0.29) is 0 Å². The first-order valence-corrected chi connectivity index (χ1v) is 6.53. The van der Waals surface area contributed by atoms with Crippen LogP contribution in [-0.2, 0) is 6.54 Å². The average Bonchev–Trinajstić information content (AvgIpc) is 2.96. The number of benzene rings is 1. The number of carbonyl (C=O) groups is 1. The number of thiazole rings is 1. The topological polar surface area (TPSA) is 34.9 Å². The average molecular weight is 256 g/mol. The van der Waals surface area contributed by atoms with Gasteiger partial charge in [-0.15, -0.1) is 11.3 Å². The van der Waals surface area contributed by atoms with Gasteiger partial charge in [0.25, 0.3) is 0 Å². The zero-order chi connectivity index (χ0) is 12.5. The molecule has 0 saturated heterocycles. The summed E-state index contributed by atoms with van der Waals surface area (Å²) in [5.41, 5.74) is 1.86. The molecule has 0 aliphatic heterocycles. The van der Waals surface area contributed by atoms with Crippen molar-refractivity contribution in [2.75, 3.05) is 0 Å². The van der Waals surface area contributed by atoms with Gasteiger partial charge >= 0.3 is 0 Å². The summed E-state index contributed by atoms with van der Waals surface area (Å²) < 4.78 is 2.18. The lowest BCUT2D eigenvalue weighted by Crippen LogP contribution is -1.95. The molecule has 0 fully saturated rings. The van der Waals surface area contributed by atoms with Gasteiger partial charge in [-0.25, -0.2) is 4.98 Å². The van der Waals surface area contributed by atoms with Crippen LogP contribution in [0.3, 0.4) is 0 Å². The van der Waals surface area contributed by atoms with Crippen LogP contribution in [0.1, 0.15) is 20.2 Å². The highest BCUT2D eigenvalue weighted by Gasteiger charge is 2.04. The number of aryl methyl sites for hydroxylation is 1. The van der Waals surface area contributed by atoms with Gasteiger partial charge in [0.15, 0.2) is 0 Å². The van der Waals surface area contributed by atoms with Gasteiger partial charge in [0.05, 0.1) is 11.6 Å². The number of hydrogen-bond donors (Lipinski definition) is 0. The van der Waals surface area contributed by atoms with Crippen LogP contribution in [0, 0.1) is 6.92 Å². The van der Waals surface area contributed by atoms with Crippen molar-refractivity contribution in [1.82, 2.24) is 9.55 Å². The van der Waals surface area contributed by atoms with Crippen LogP contribution in [0.15, 0.2) is 36.7 Å². The summed E-state index contributed by atoms with van der Waals surface area (Å²) in [7, 11) is 0. The Morgan fingerprint density at radius 2 is 2.28 bits per heavy atom. The minimum atomic E-state index is 0.717. The molecule has 3 nitrogen and oxygen atoms in total. The molecule has 3 rings (SSSR count). The van der Waals surface area contributed by atoms with E-state index < -0.39 is 0 Å². The lowest BCUT2D eigenvalue weighted by molar-refractivity contribution is 0.112. The quantitative estimate of drug-likeness (QED) is 0.674. The Labute approximate surface area is 109 Å². The van der Waals surface area contributed by atoms with Crippen LogP contribution < -0.4 is 0 Å². The predicted molar refractivity (Wildman–Crippen MR) is 73.3 cm³/mol. The fourth-order valence-corrected chi connectivity index (χ4v) is 2.87. The maximum absolute atomic E-state index is 10.7. The van der Waals surface area contributed by atoms with Crippen LogP contribution in [0.25, 0.3) is 10.9 Å². The molecule has 4 heteroatoms. The molecule has 0 aliphatic rings. The van der Waals surface area contributed by atoms with Crippen LogP contribution in [-0.4, -0.2) is 15.8 Å². The van der Waals surface area contributed by atoms with E-state index in [1.54, 1.807) is 11.3 Å². The summed E-state index contributed by atoms with van der Waals surface area (Å²) in [4.78, 5) is 16.2. The lowest BCUT2D eigenvalue weighted by Gasteiger charge is -2.03. The first-order chi connectivity index (χ1) is 8.76. The highest BCUT2D eigenvalue weighted by atomic mass is 32.1. The molecule has 0 N–H and O–H groups in total. The SMILES string of the molecule is Cc1ncc(Cn2ccc3cc(C=O)ccc32)s1. The van der Waals surface area contributed by atoms with E-state index in [0.29, 0.717) is 5.56 Å². The van der Waals surface area contributed by atoms with Crippen molar-refractivity contribution in [3.05, 3.63) is 52.1 Å². The molecular weight excluding hydrogens is 244 g/mol. The minimum Gasteiger partial charge on any atom is -0.342 e. The maximum atomic E-state index is 10.7. The van der Waals surface area contributed by atoms with Gasteiger partial charge in [0.1, 0.15) is 6.29 Å². The number of nitrogens with zero attached hydrogens (tertiary/aromatic N) is 2. The molecule has 0 amide bonds. The fraction of sp³-hybridized carbons (Fsp3) is 0.143. The summed E-state index contributed by atoms with van der Waals surface area (Å²) in [6.45, 7) is 2.84. The second-order valence-electron chi connectivity index (χ2n) is 4.23. The van der Waals surface area contributed by atoms with Crippen LogP contribution in [0.5, 0.6) is 0 Å². The Hall–Kier alpha value is -1.94. The van der Waals surface area contributed by atoms with Gasteiger partial charge in [0, 0.05) is 33.7 Å². The van der Waals surface area contributed by atoms with Crippen molar-refractivity contribution in [3.8, 4) is 0 Å². The smallest absolute Gasteiger partial charge is 0.150 e. The van der Waals surface area contributed by atoms with E-state index in [1.807, 2.05) is 43.6 Å². The van der Waals surface area contributed by atoms with Gasteiger partial charge < -0.3 is 4.57 Å². The van der Waals surface area contributed by atoms with Crippen molar-refractivity contribution >= 4 is 28.5 Å². The third-order valence-corrected chi connectivity index (χ3v) is 3.82. The molecule has 0 saturated carbocycles. The highest BCUT2D eigenvalue weighted by Crippen LogP contribution is 2.20. The number of aldehydes is 1. The number of fused-ring (bicyclic) bond motifs is 1. The van der Waals surface area contributed by atoms with E-state index in [4.69, 9.17) is 0 Å². The Balaban J connectivity index is 2.00. The van der Waals surface area contributed by atoms with Gasteiger partial charge in [0.2, 0.25) is 0 Å². The molecular formula is C14H12N2OS. The third-order valence-electron chi connectivity index (χ3n) is 2.93. The normalized spacial score (nSPS) is 10.9. The monoisotopic (exact) mass is 256 g/mol. The van der Waals surface area contributed by atoms with E-state index in [2.05, 4.69) is 9.55 Å². The molecule has 0 radical (unpaired) electrons. The van der Waals surface area contributed by atoms with E-state index >= 15 is 0 Å². The number of rotatable bonds is 3. The number of carbonyl (C=O) groups excluding carboxylic acids is 1. The Kier molecular flexibility index (Phi) is 2.72. The summed E-state index contributed by atoms with van der Waals surface area (Å²) in [5, 5.41) is 2.19. The standard InChI is InChI=1S/C14H12N2OS/c1-10-15-7-13(18-10)8-16-5-4-12-6-11(9-17)2-3-14(12)16/h2-7,9H,8H2,1H3. The van der Waals surface area contributed by atoms with E-state index in [1.165, 1.54) is 4.88 Å². The Bertz CT molecular complexity index is 711. The highest BCUT2D eigenvalue weighted by molar-refractivity contribution is 7.11. The summed E-state index contributed by atoms with van der Waals surface area (Å²) in [6.07, 6.45) is 4.85. The Morgan fingerprint density at radius 3 is 3.00 bits per heavy atom. The van der Waals surface area contributed by atoms with Gasteiger partial charge in [-0.1, -0.05) is 0 Å². The summed E-state index contributed by atoms with van der Waals surface area (Å²) >= 11 is 1.71. The van der Waals surface area contributed by atoms with Gasteiger partial charge in [-0.2, -0.15) is 0 Å². The molecule has 2 heterocycles. The largest absolute Gasteiger partial charge is 0.342 e. The molecule has 3 aromatic rings. The molecule has 0 aliphatic carbocycles. The second kappa shape index (κ2) is 4.38. The summed E-state index contributed by atoms with van der Waals surface area (Å²) in [6, 6.07) is 7.80. The second-order valence-corrected chi connectivity index (χ2v) is 5.54. The first kappa shape index (κ1) is 11.2. The van der Waals surface area contributed by atoms with Crippen LogP contribution in [0.4, 0.5) is 0 Å². The first-order valence-electron chi connectivity index (χ1n) is 5.71. The molecule has 18 heavy (non-hydrogen) atoms. The zero-order valence-corrected chi connectivity index (χ0v) is 10.8. The lowest BCUT2D eigenvalue weighted by atomic mass is 10.2. The van der Waals surface area contributed by atoms with Crippen molar-refractivity contribution in [2.24, 2.45) is 0 Å². The Morgan fingerprint density at radius 1 is 1.39 bits per heavy atom. The van der Waals surface area contributed by atoms with Crippen molar-refractivity contribution in [2.45, 2.75) is 13.5 Å². The van der Waals surface area contributed by atoms with Gasteiger partial charge in [-0.05, 0) is 31.2 Å². The zero-order valence-electron chi connectivity index (χ0n) is 9.96. The van der Waals surface area contributed by atoms with Crippen molar-refractivity contribution in [1.29, 1.82) is 0 Å². The molecule has 0 bridgehead atoms. The minimum absolute atomic E-state index is 0.717. The summed E-state index contributed by atoms with van der Waals surface area (Å²) in [5.74, 6) is 0. The molecule has 0 atom stereocenters. The maximum Gasteiger partial charge on any atom is 0.150 e. The van der Waals surface area contributed by atoms with Crippen molar-refractivity contribution < 1.29 is 4.79 Å². The molecule has 0 spiro atoms. The molecule has 2 aromatic heterocycles. The molecule has 0 unspecified atom stereocenters. The molecule has 1 aromatic carbocycles. The number of aromatic nitrogens is 2. The van der Waals surface area contributed by atoms with E-state index in [0.717, 1.165) is 28.7 Å². The fourth-order valence-electron chi connectivity index (χ4n) is 2.08. The van der Waals surface area contributed by atoms with Gasteiger partial charge in [-0.3, -0.25) is 4.79 Å². The predicted octanol–water partition coefficient (Wildman–Crippen LogP) is 3.27. The van der Waals surface area contributed by atoms with E-state index in [9.17, 15) is 4.79 Å². The van der Waals surface area contributed by atoms with Crippen LogP contribution in [0.2, 0.25) is 0 Å². The van der Waals surface area contributed by atoms with Crippen molar-refractivity contribution in [3.63, 3.8) is 0 Å². The number of hydrogen-bond acceptors (Lipinski definition) is 3.